The molecule has 0 aliphatic heterocycles. The van der Waals surface area contributed by atoms with Crippen LogP contribution < -0.4 is 5.32 Å². The summed E-state index contributed by atoms with van der Waals surface area (Å²) in [7, 11) is 0. The molecule has 2 N–H and O–H groups in total. The standard InChI is InChI=1S/C15H25NO/c1-4-7-12-8-10-13(11-9-12)15(17)14(5-2)16-6-3/h8-11,14-17H,4-7H2,1-3H3. The highest BCUT2D eigenvalue weighted by atomic mass is 16.3. The lowest BCUT2D eigenvalue weighted by Crippen LogP contribution is -2.34. The highest BCUT2D eigenvalue weighted by Gasteiger charge is 2.17. The summed E-state index contributed by atoms with van der Waals surface area (Å²) in [5.41, 5.74) is 2.36. The summed E-state index contributed by atoms with van der Waals surface area (Å²) in [6.45, 7) is 7.24. The highest BCUT2D eigenvalue weighted by molar-refractivity contribution is 5.25. The first kappa shape index (κ1) is 14.2. The first-order chi connectivity index (χ1) is 8.22. The molecule has 1 rings (SSSR count). The van der Waals surface area contributed by atoms with Crippen LogP contribution in [0.5, 0.6) is 0 Å². The van der Waals surface area contributed by atoms with E-state index >= 15 is 0 Å². The van der Waals surface area contributed by atoms with Crippen LogP contribution in [0, 0.1) is 0 Å². The Hall–Kier alpha value is -0.860. The Morgan fingerprint density at radius 1 is 1.12 bits per heavy atom. The molecule has 0 spiro atoms. The van der Waals surface area contributed by atoms with Crippen LogP contribution in [-0.2, 0) is 6.42 Å². The molecule has 0 radical (unpaired) electrons. The molecule has 1 aromatic carbocycles. The molecule has 0 aliphatic carbocycles. The zero-order valence-corrected chi connectivity index (χ0v) is 11.2. The number of nitrogens with one attached hydrogen (secondary N) is 1. The third-order valence-electron chi connectivity index (χ3n) is 3.15. The van der Waals surface area contributed by atoms with E-state index in [4.69, 9.17) is 0 Å². The van der Waals surface area contributed by atoms with Crippen LogP contribution in [0.25, 0.3) is 0 Å². The smallest absolute Gasteiger partial charge is 0.0942 e. The molecule has 2 heteroatoms. The molecular formula is C15H25NO. The topological polar surface area (TPSA) is 32.3 Å². The lowest BCUT2D eigenvalue weighted by Gasteiger charge is -2.22. The van der Waals surface area contributed by atoms with Gasteiger partial charge < -0.3 is 10.4 Å². The Morgan fingerprint density at radius 2 is 1.76 bits per heavy atom. The minimum absolute atomic E-state index is 0.150. The second-order valence-electron chi connectivity index (χ2n) is 4.51. The van der Waals surface area contributed by atoms with Gasteiger partial charge in [0.25, 0.3) is 0 Å². The third-order valence-corrected chi connectivity index (χ3v) is 3.15. The maximum Gasteiger partial charge on any atom is 0.0942 e. The van der Waals surface area contributed by atoms with Crippen LogP contribution >= 0.6 is 0 Å². The van der Waals surface area contributed by atoms with Gasteiger partial charge >= 0.3 is 0 Å². The molecule has 2 nitrogen and oxygen atoms in total. The van der Waals surface area contributed by atoms with Crippen molar-refractivity contribution in [3.63, 3.8) is 0 Å². The van der Waals surface area contributed by atoms with Gasteiger partial charge in [0.05, 0.1) is 6.10 Å². The first-order valence-corrected chi connectivity index (χ1v) is 6.73. The molecule has 96 valence electrons. The predicted octanol–water partition coefficient (Wildman–Crippen LogP) is 3.06. The molecule has 2 unspecified atom stereocenters. The SMILES string of the molecule is CCCc1ccc(C(O)C(CC)NCC)cc1. The van der Waals surface area contributed by atoms with E-state index in [0.29, 0.717) is 0 Å². The Morgan fingerprint density at radius 3 is 2.24 bits per heavy atom. The zero-order chi connectivity index (χ0) is 12.7. The van der Waals surface area contributed by atoms with Gasteiger partial charge in [-0.3, -0.25) is 0 Å². The van der Waals surface area contributed by atoms with Gasteiger partial charge in [-0.2, -0.15) is 0 Å². The lowest BCUT2D eigenvalue weighted by atomic mass is 9.98. The number of hydrogen-bond donors (Lipinski definition) is 2. The summed E-state index contributed by atoms with van der Waals surface area (Å²) in [5.74, 6) is 0. The summed E-state index contributed by atoms with van der Waals surface area (Å²) in [4.78, 5) is 0. The summed E-state index contributed by atoms with van der Waals surface area (Å²) < 4.78 is 0. The molecule has 0 aromatic heterocycles. The van der Waals surface area contributed by atoms with E-state index < -0.39 is 6.10 Å². The van der Waals surface area contributed by atoms with Gasteiger partial charge in [0, 0.05) is 6.04 Å². The molecule has 0 aliphatic rings. The van der Waals surface area contributed by atoms with Gasteiger partial charge in [0.15, 0.2) is 0 Å². The number of benzene rings is 1. The normalized spacial score (nSPS) is 14.6. The lowest BCUT2D eigenvalue weighted by molar-refractivity contribution is 0.127. The zero-order valence-electron chi connectivity index (χ0n) is 11.2. The predicted molar refractivity (Wildman–Crippen MR) is 73.2 cm³/mol. The first-order valence-electron chi connectivity index (χ1n) is 6.73. The largest absolute Gasteiger partial charge is 0.387 e. The number of aliphatic hydroxyl groups is 1. The Labute approximate surface area is 105 Å². The summed E-state index contributed by atoms with van der Waals surface area (Å²) in [6.07, 6.45) is 2.80. The maximum atomic E-state index is 10.3. The summed E-state index contributed by atoms with van der Waals surface area (Å²) in [5, 5.41) is 13.6. The van der Waals surface area contributed by atoms with Crippen molar-refractivity contribution >= 4 is 0 Å². The Kier molecular flexibility index (Phi) is 6.23. The number of rotatable bonds is 7. The van der Waals surface area contributed by atoms with Crippen molar-refractivity contribution in [1.82, 2.24) is 5.32 Å². The van der Waals surface area contributed by atoms with Crippen molar-refractivity contribution in [3.8, 4) is 0 Å². The molecule has 2 atom stereocenters. The van der Waals surface area contributed by atoms with Crippen molar-refractivity contribution in [2.75, 3.05) is 6.54 Å². The Bertz CT molecular complexity index is 307. The van der Waals surface area contributed by atoms with Crippen molar-refractivity contribution in [2.45, 2.75) is 52.2 Å². The molecule has 0 fully saturated rings. The van der Waals surface area contributed by atoms with Crippen molar-refractivity contribution in [3.05, 3.63) is 35.4 Å². The van der Waals surface area contributed by atoms with Gasteiger partial charge in [-0.1, -0.05) is 51.5 Å². The van der Waals surface area contributed by atoms with Crippen LogP contribution in [0.15, 0.2) is 24.3 Å². The van der Waals surface area contributed by atoms with Crippen LogP contribution in [0.1, 0.15) is 50.8 Å². The number of hydrogen-bond acceptors (Lipinski definition) is 2. The molecule has 1 aromatic rings. The van der Waals surface area contributed by atoms with E-state index in [1.54, 1.807) is 0 Å². The second kappa shape index (κ2) is 7.46. The summed E-state index contributed by atoms with van der Waals surface area (Å²) in [6, 6.07) is 8.50. The fourth-order valence-corrected chi connectivity index (χ4v) is 2.14. The molecule has 0 bridgehead atoms. The monoisotopic (exact) mass is 235 g/mol. The third kappa shape index (κ3) is 4.14. The Balaban J connectivity index is 2.70. The van der Waals surface area contributed by atoms with Crippen molar-refractivity contribution in [2.24, 2.45) is 0 Å². The summed E-state index contributed by atoms with van der Waals surface area (Å²) >= 11 is 0. The maximum absolute atomic E-state index is 10.3. The van der Waals surface area contributed by atoms with Gasteiger partial charge in [0.2, 0.25) is 0 Å². The second-order valence-corrected chi connectivity index (χ2v) is 4.51. The van der Waals surface area contributed by atoms with Gasteiger partial charge in [-0.05, 0) is 30.5 Å². The van der Waals surface area contributed by atoms with Crippen molar-refractivity contribution in [1.29, 1.82) is 0 Å². The minimum Gasteiger partial charge on any atom is -0.387 e. The number of aryl methyl sites for hydroxylation is 1. The molecule has 17 heavy (non-hydrogen) atoms. The fraction of sp³-hybridized carbons (Fsp3) is 0.600. The molecular weight excluding hydrogens is 210 g/mol. The van der Waals surface area contributed by atoms with E-state index in [9.17, 15) is 5.11 Å². The van der Waals surface area contributed by atoms with Crippen LogP contribution in [0.2, 0.25) is 0 Å². The van der Waals surface area contributed by atoms with E-state index in [2.05, 4.69) is 50.4 Å². The van der Waals surface area contributed by atoms with Crippen LogP contribution in [-0.4, -0.2) is 17.7 Å². The quantitative estimate of drug-likeness (QED) is 0.761. The van der Waals surface area contributed by atoms with Gasteiger partial charge in [-0.15, -0.1) is 0 Å². The van der Waals surface area contributed by atoms with E-state index in [-0.39, 0.29) is 6.04 Å². The number of aliphatic hydroxyl groups excluding tert-OH is 1. The van der Waals surface area contributed by atoms with E-state index in [0.717, 1.165) is 31.4 Å². The van der Waals surface area contributed by atoms with Gasteiger partial charge in [-0.25, -0.2) is 0 Å². The molecule has 0 heterocycles. The van der Waals surface area contributed by atoms with E-state index in [1.165, 1.54) is 5.56 Å². The van der Waals surface area contributed by atoms with Crippen LogP contribution in [0.4, 0.5) is 0 Å². The highest BCUT2D eigenvalue weighted by Crippen LogP contribution is 2.19. The number of likely N-dealkylation sites (N-methyl/N-ethyl adjacent to an activating group) is 1. The molecule has 0 saturated heterocycles. The molecule has 0 amide bonds. The fourth-order valence-electron chi connectivity index (χ4n) is 2.14. The van der Waals surface area contributed by atoms with Gasteiger partial charge in [0.1, 0.15) is 0 Å². The molecule has 0 saturated carbocycles. The van der Waals surface area contributed by atoms with E-state index in [1.807, 2.05) is 0 Å². The minimum atomic E-state index is -0.407. The average molecular weight is 235 g/mol. The van der Waals surface area contributed by atoms with Crippen molar-refractivity contribution < 1.29 is 5.11 Å². The average Bonchev–Trinajstić information content (AvgIpc) is 2.36. The van der Waals surface area contributed by atoms with Crippen LogP contribution in [0.3, 0.4) is 0 Å².